The summed E-state index contributed by atoms with van der Waals surface area (Å²) in [6.07, 6.45) is 0. The minimum absolute atomic E-state index is 0.109. The molecule has 2 N–H and O–H groups in total. The highest BCUT2D eigenvalue weighted by molar-refractivity contribution is 7.80. The quantitative estimate of drug-likeness (QED) is 0.773. The maximum atomic E-state index is 5.84. The second kappa shape index (κ2) is 8.15. The number of nitrogens with one attached hydrogen (secondary N) is 2. The van der Waals surface area contributed by atoms with E-state index in [1.165, 1.54) is 22.3 Å². The molecule has 0 unspecified atom stereocenters. The summed E-state index contributed by atoms with van der Waals surface area (Å²) in [6.45, 7) is 11.0. The van der Waals surface area contributed by atoms with Crippen LogP contribution in [0.3, 0.4) is 0 Å². The Bertz CT molecular complexity index is 728. The molecule has 0 amide bonds. The third-order valence-electron chi connectivity index (χ3n) is 4.12. The molecule has 0 bridgehead atoms. The summed E-state index contributed by atoms with van der Waals surface area (Å²) in [5, 5.41) is 7.08. The van der Waals surface area contributed by atoms with Gasteiger partial charge >= 0.3 is 0 Å². The zero-order chi connectivity index (χ0) is 17.7. The molecule has 2 rings (SSSR count). The Hall–Kier alpha value is -2.07. The smallest absolute Gasteiger partial charge is 0.171 e. The minimum Gasteiger partial charge on any atom is -0.491 e. The Morgan fingerprint density at radius 1 is 0.958 bits per heavy atom. The Kier molecular flexibility index (Phi) is 6.21. The first-order valence-corrected chi connectivity index (χ1v) is 8.61. The molecule has 0 radical (unpaired) electrons. The summed E-state index contributed by atoms with van der Waals surface area (Å²) in [7, 11) is 0. The molecule has 0 heterocycles. The lowest BCUT2D eigenvalue weighted by atomic mass is 10.1. The van der Waals surface area contributed by atoms with E-state index < -0.39 is 0 Å². The van der Waals surface area contributed by atoms with Crippen LogP contribution in [0.25, 0.3) is 0 Å². The van der Waals surface area contributed by atoms with Crippen LogP contribution in [0.15, 0.2) is 36.4 Å². The molecule has 2 aromatic rings. The molecule has 0 fully saturated rings. The summed E-state index contributed by atoms with van der Waals surface area (Å²) >= 11 is 5.38. The number of aryl methyl sites for hydroxylation is 4. The summed E-state index contributed by atoms with van der Waals surface area (Å²) in [6, 6.07) is 12.5. The van der Waals surface area contributed by atoms with Gasteiger partial charge in [0.1, 0.15) is 12.4 Å². The second-order valence-electron chi connectivity index (χ2n) is 6.36. The Labute approximate surface area is 150 Å². The molecular formula is C20H26N2OS. The van der Waals surface area contributed by atoms with Crippen molar-refractivity contribution in [3.8, 4) is 5.75 Å². The van der Waals surface area contributed by atoms with E-state index in [0.29, 0.717) is 11.7 Å². The number of benzene rings is 2. The first-order valence-electron chi connectivity index (χ1n) is 8.20. The predicted octanol–water partition coefficient (Wildman–Crippen LogP) is 4.67. The van der Waals surface area contributed by atoms with Crippen molar-refractivity contribution >= 4 is 23.0 Å². The summed E-state index contributed by atoms with van der Waals surface area (Å²) < 4.78 is 5.84. The Balaban J connectivity index is 1.82. The van der Waals surface area contributed by atoms with E-state index in [-0.39, 0.29) is 6.04 Å². The molecule has 0 aliphatic heterocycles. The highest BCUT2D eigenvalue weighted by atomic mass is 32.1. The number of thiocarbonyl (C=S) groups is 1. The molecule has 0 aliphatic rings. The van der Waals surface area contributed by atoms with Crippen molar-refractivity contribution in [1.29, 1.82) is 0 Å². The lowest BCUT2D eigenvalue weighted by Gasteiger charge is -2.18. The largest absolute Gasteiger partial charge is 0.491 e. The van der Waals surface area contributed by atoms with E-state index in [0.717, 1.165) is 11.4 Å². The fourth-order valence-electron chi connectivity index (χ4n) is 2.28. The Morgan fingerprint density at radius 2 is 1.58 bits per heavy atom. The lowest BCUT2D eigenvalue weighted by molar-refractivity contribution is 0.287. The second-order valence-corrected chi connectivity index (χ2v) is 6.76. The molecule has 3 nitrogen and oxygen atoms in total. The molecule has 4 heteroatoms. The van der Waals surface area contributed by atoms with Gasteiger partial charge in [-0.3, -0.25) is 0 Å². The third kappa shape index (κ3) is 5.24. The van der Waals surface area contributed by atoms with E-state index in [1.54, 1.807) is 0 Å². The van der Waals surface area contributed by atoms with E-state index in [2.05, 4.69) is 69.5 Å². The van der Waals surface area contributed by atoms with Gasteiger partial charge in [-0.05, 0) is 93.4 Å². The van der Waals surface area contributed by atoms with Gasteiger partial charge in [0.2, 0.25) is 0 Å². The van der Waals surface area contributed by atoms with Crippen molar-refractivity contribution in [1.82, 2.24) is 5.32 Å². The van der Waals surface area contributed by atoms with Gasteiger partial charge in [-0.2, -0.15) is 0 Å². The molecule has 24 heavy (non-hydrogen) atoms. The van der Waals surface area contributed by atoms with E-state index in [4.69, 9.17) is 17.0 Å². The molecule has 1 atom stereocenters. The van der Waals surface area contributed by atoms with Gasteiger partial charge in [-0.25, -0.2) is 0 Å². The molecule has 2 aromatic carbocycles. The standard InChI is InChI=1S/C20H26N2OS/c1-13-6-8-18(10-15(13)3)22-20(24)21-17(5)12-23-19-9-7-14(2)16(4)11-19/h6-11,17H,12H2,1-5H3,(H2,21,22,24)/t17-/m1/s1. The van der Waals surface area contributed by atoms with Crippen molar-refractivity contribution in [3.05, 3.63) is 58.7 Å². The minimum atomic E-state index is 0.109. The summed E-state index contributed by atoms with van der Waals surface area (Å²) in [5.74, 6) is 0.889. The van der Waals surface area contributed by atoms with Crippen LogP contribution in [0, 0.1) is 27.7 Å². The maximum Gasteiger partial charge on any atom is 0.171 e. The molecule has 128 valence electrons. The molecule has 0 spiro atoms. The highest BCUT2D eigenvalue weighted by Crippen LogP contribution is 2.17. The van der Waals surface area contributed by atoms with Crippen molar-refractivity contribution < 1.29 is 4.74 Å². The predicted molar refractivity (Wildman–Crippen MR) is 106 cm³/mol. The molecule has 0 aromatic heterocycles. The molecule has 0 saturated carbocycles. The SMILES string of the molecule is Cc1ccc(NC(=S)N[C@H](C)COc2ccc(C)c(C)c2)cc1C. The van der Waals surface area contributed by atoms with Gasteiger partial charge in [0, 0.05) is 5.69 Å². The lowest BCUT2D eigenvalue weighted by Crippen LogP contribution is -2.39. The van der Waals surface area contributed by atoms with Gasteiger partial charge in [-0.1, -0.05) is 12.1 Å². The van der Waals surface area contributed by atoms with Gasteiger partial charge < -0.3 is 15.4 Å². The van der Waals surface area contributed by atoms with E-state index in [1.807, 2.05) is 12.1 Å². The normalized spacial score (nSPS) is 11.7. The van der Waals surface area contributed by atoms with Crippen LogP contribution < -0.4 is 15.4 Å². The van der Waals surface area contributed by atoms with Crippen molar-refractivity contribution in [2.45, 2.75) is 40.7 Å². The zero-order valence-electron chi connectivity index (χ0n) is 15.1. The van der Waals surface area contributed by atoms with Crippen molar-refractivity contribution in [2.24, 2.45) is 0 Å². The maximum absolute atomic E-state index is 5.84. The van der Waals surface area contributed by atoms with E-state index >= 15 is 0 Å². The molecule has 0 saturated heterocycles. The molecule has 0 aliphatic carbocycles. The first-order chi connectivity index (χ1) is 11.3. The van der Waals surface area contributed by atoms with Gasteiger partial charge in [-0.15, -0.1) is 0 Å². The number of rotatable bonds is 5. The fourth-order valence-corrected chi connectivity index (χ4v) is 2.60. The third-order valence-corrected chi connectivity index (χ3v) is 4.34. The van der Waals surface area contributed by atoms with Crippen LogP contribution in [0.2, 0.25) is 0 Å². The summed E-state index contributed by atoms with van der Waals surface area (Å²) in [4.78, 5) is 0. The van der Waals surface area contributed by atoms with E-state index in [9.17, 15) is 0 Å². The van der Waals surface area contributed by atoms with Crippen LogP contribution in [-0.4, -0.2) is 17.8 Å². The fraction of sp³-hybridized carbons (Fsp3) is 0.350. The first kappa shape index (κ1) is 18.3. The number of ether oxygens (including phenoxy) is 1. The van der Waals surface area contributed by atoms with Crippen molar-refractivity contribution in [3.63, 3.8) is 0 Å². The van der Waals surface area contributed by atoms with Gasteiger partial charge in [0.05, 0.1) is 6.04 Å². The van der Waals surface area contributed by atoms with Crippen LogP contribution >= 0.6 is 12.2 Å². The van der Waals surface area contributed by atoms with Crippen LogP contribution in [0.4, 0.5) is 5.69 Å². The number of anilines is 1. The van der Waals surface area contributed by atoms with Crippen molar-refractivity contribution in [2.75, 3.05) is 11.9 Å². The van der Waals surface area contributed by atoms with Crippen LogP contribution in [-0.2, 0) is 0 Å². The number of hydrogen-bond donors (Lipinski definition) is 2. The summed E-state index contributed by atoms with van der Waals surface area (Å²) in [5.41, 5.74) is 6.02. The average molecular weight is 343 g/mol. The molecular weight excluding hydrogens is 316 g/mol. The highest BCUT2D eigenvalue weighted by Gasteiger charge is 2.07. The Morgan fingerprint density at radius 3 is 2.21 bits per heavy atom. The van der Waals surface area contributed by atoms with Gasteiger partial charge in [0.25, 0.3) is 0 Å². The topological polar surface area (TPSA) is 33.3 Å². The number of hydrogen-bond acceptors (Lipinski definition) is 2. The monoisotopic (exact) mass is 342 g/mol. The zero-order valence-corrected chi connectivity index (χ0v) is 15.9. The van der Waals surface area contributed by atoms with Crippen LogP contribution in [0.5, 0.6) is 5.75 Å². The average Bonchev–Trinajstić information content (AvgIpc) is 2.52. The van der Waals surface area contributed by atoms with Gasteiger partial charge in [0.15, 0.2) is 5.11 Å². The van der Waals surface area contributed by atoms with Crippen LogP contribution in [0.1, 0.15) is 29.2 Å².